The smallest absolute Gasteiger partial charge is 0.376 e. The summed E-state index contributed by atoms with van der Waals surface area (Å²) in [5.41, 5.74) is 0.296. The van der Waals surface area contributed by atoms with E-state index in [1.54, 1.807) is 13.8 Å². The Hall–Kier alpha value is -2.38. The third-order valence-corrected chi connectivity index (χ3v) is 2.95. The zero-order valence-corrected chi connectivity index (χ0v) is 11.1. The molecule has 1 N–H and O–H groups in total. The number of amides is 1. The Morgan fingerprint density at radius 3 is 2.80 bits per heavy atom. The number of carbonyl (C=O) groups is 3. The number of nitrogens with zero attached hydrogens (tertiary/aromatic N) is 2. The van der Waals surface area contributed by atoms with Crippen molar-refractivity contribution in [2.24, 2.45) is 5.92 Å². The molecule has 1 fully saturated rings. The molecule has 1 aliphatic heterocycles. The van der Waals surface area contributed by atoms with Crippen LogP contribution in [0.3, 0.4) is 0 Å². The van der Waals surface area contributed by atoms with E-state index in [1.807, 2.05) is 0 Å². The highest BCUT2D eigenvalue weighted by Crippen LogP contribution is 2.26. The Morgan fingerprint density at radius 1 is 1.55 bits per heavy atom. The molecule has 0 spiro atoms. The van der Waals surface area contributed by atoms with Gasteiger partial charge in [0, 0.05) is 13.0 Å². The molecule has 0 bridgehead atoms. The van der Waals surface area contributed by atoms with Gasteiger partial charge in [-0.25, -0.2) is 4.79 Å². The van der Waals surface area contributed by atoms with E-state index in [9.17, 15) is 14.4 Å². The lowest BCUT2D eigenvalue weighted by Crippen LogP contribution is -2.26. The standard InChI is InChI=1S/C12H14N2O6/c1-3-19-11(18)9-6(2)13-12(20-9)14-5-7(10(16)17)4-8(14)15/h7H,3-5H2,1-2H3,(H,16,17). The van der Waals surface area contributed by atoms with Gasteiger partial charge in [-0.1, -0.05) is 0 Å². The molecule has 1 unspecified atom stereocenters. The fourth-order valence-corrected chi connectivity index (χ4v) is 1.94. The topological polar surface area (TPSA) is 110 Å². The number of carbonyl (C=O) groups excluding carboxylic acids is 2. The van der Waals surface area contributed by atoms with E-state index in [0.717, 1.165) is 4.90 Å². The van der Waals surface area contributed by atoms with Crippen LogP contribution in [0.4, 0.5) is 6.01 Å². The van der Waals surface area contributed by atoms with E-state index in [4.69, 9.17) is 14.3 Å². The van der Waals surface area contributed by atoms with E-state index < -0.39 is 23.8 Å². The first-order valence-corrected chi connectivity index (χ1v) is 6.11. The molecule has 2 heterocycles. The first-order chi connectivity index (χ1) is 9.43. The van der Waals surface area contributed by atoms with Crippen LogP contribution < -0.4 is 4.90 Å². The van der Waals surface area contributed by atoms with Gasteiger partial charge in [-0.05, 0) is 13.8 Å². The molecule has 0 radical (unpaired) electrons. The fraction of sp³-hybridized carbons (Fsp3) is 0.500. The molecular weight excluding hydrogens is 268 g/mol. The summed E-state index contributed by atoms with van der Waals surface area (Å²) in [5, 5.41) is 8.91. The molecule has 108 valence electrons. The number of ether oxygens (including phenoxy) is 1. The number of carboxylic acids is 1. The molecule has 1 saturated heterocycles. The van der Waals surface area contributed by atoms with Crippen LogP contribution >= 0.6 is 0 Å². The van der Waals surface area contributed by atoms with Crippen LogP contribution in [0.2, 0.25) is 0 Å². The number of anilines is 1. The zero-order valence-electron chi connectivity index (χ0n) is 11.1. The Balaban J connectivity index is 2.22. The second-order valence-electron chi connectivity index (χ2n) is 4.38. The van der Waals surface area contributed by atoms with Gasteiger partial charge in [-0.3, -0.25) is 14.5 Å². The van der Waals surface area contributed by atoms with Crippen LogP contribution in [0.1, 0.15) is 29.6 Å². The minimum Gasteiger partial charge on any atom is -0.481 e. The van der Waals surface area contributed by atoms with Crippen molar-refractivity contribution in [3.63, 3.8) is 0 Å². The number of aliphatic carboxylic acids is 1. The Kier molecular flexibility index (Phi) is 3.73. The van der Waals surface area contributed by atoms with Crippen molar-refractivity contribution in [3.05, 3.63) is 11.5 Å². The van der Waals surface area contributed by atoms with Gasteiger partial charge < -0.3 is 14.3 Å². The van der Waals surface area contributed by atoms with E-state index in [0.29, 0.717) is 5.69 Å². The maximum atomic E-state index is 11.8. The van der Waals surface area contributed by atoms with Gasteiger partial charge in [0.15, 0.2) is 0 Å². The van der Waals surface area contributed by atoms with Gasteiger partial charge in [0.2, 0.25) is 11.7 Å². The molecule has 8 heteroatoms. The van der Waals surface area contributed by atoms with Crippen molar-refractivity contribution in [3.8, 4) is 0 Å². The summed E-state index contributed by atoms with van der Waals surface area (Å²) in [7, 11) is 0. The number of hydrogen-bond acceptors (Lipinski definition) is 6. The van der Waals surface area contributed by atoms with Gasteiger partial charge in [0.1, 0.15) is 0 Å². The third kappa shape index (κ3) is 2.49. The van der Waals surface area contributed by atoms with Crippen molar-refractivity contribution in [1.29, 1.82) is 0 Å². The van der Waals surface area contributed by atoms with Crippen LogP contribution in [0.5, 0.6) is 0 Å². The minimum atomic E-state index is -1.05. The van der Waals surface area contributed by atoms with Crippen LogP contribution in [-0.2, 0) is 14.3 Å². The predicted molar refractivity (Wildman–Crippen MR) is 65.3 cm³/mol. The van der Waals surface area contributed by atoms with Crippen LogP contribution in [0.15, 0.2) is 4.42 Å². The summed E-state index contributed by atoms with van der Waals surface area (Å²) < 4.78 is 10.0. The molecule has 1 atom stereocenters. The van der Waals surface area contributed by atoms with Crippen LogP contribution in [-0.4, -0.2) is 41.1 Å². The van der Waals surface area contributed by atoms with Crippen LogP contribution in [0, 0.1) is 12.8 Å². The Morgan fingerprint density at radius 2 is 2.25 bits per heavy atom. The summed E-state index contributed by atoms with van der Waals surface area (Å²) >= 11 is 0. The molecule has 2 rings (SSSR count). The first kappa shape index (κ1) is 14.0. The molecule has 1 aromatic rings. The average Bonchev–Trinajstić information content (AvgIpc) is 2.93. The molecule has 0 aromatic carbocycles. The number of carboxylic acid groups (broad SMARTS) is 1. The third-order valence-electron chi connectivity index (χ3n) is 2.95. The lowest BCUT2D eigenvalue weighted by Gasteiger charge is -2.09. The van der Waals surface area contributed by atoms with Crippen molar-refractivity contribution in [2.45, 2.75) is 20.3 Å². The normalized spacial score (nSPS) is 18.4. The fourth-order valence-electron chi connectivity index (χ4n) is 1.94. The van der Waals surface area contributed by atoms with Gasteiger partial charge in [-0.2, -0.15) is 4.98 Å². The summed E-state index contributed by atoms with van der Waals surface area (Å²) in [6.07, 6.45) is -0.106. The lowest BCUT2D eigenvalue weighted by molar-refractivity contribution is -0.141. The lowest BCUT2D eigenvalue weighted by atomic mass is 10.1. The number of oxazole rings is 1. The molecule has 1 aromatic heterocycles. The highest BCUT2D eigenvalue weighted by atomic mass is 16.5. The second-order valence-corrected chi connectivity index (χ2v) is 4.38. The maximum Gasteiger partial charge on any atom is 0.376 e. The highest BCUT2D eigenvalue weighted by molar-refractivity contribution is 5.98. The number of rotatable bonds is 4. The summed E-state index contributed by atoms with van der Waals surface area (Å²) in [6, 6.07) is -0.0701. The predicted octanol–water partition coefficient (Wildman–Crippen LogP) is 0.597. The monoisotopic (exact) mass is 282 g/mol. The summed E-state index contributed by atoms with van der Waals surface area (Å²) in [6.45, 7) is 3.38. The zero-order chi connectivity index (χ0) is 14.9. The molecule has 8 nitrogen and oxygen atoms in total. The molecule has 1 amide bonds. The Bertz CT molecular complexity index is 564. The minimum absolute atomic E-state index is 0.0175. The SMILES string of the molecule is CCOC(=O)c1oc(N2CC(C(=O)O)CC2=O)nc1C. The largest absolute Gasteiger partial charge is 0.481 e. The molecular formula is C12H14N2O6. The van der Waals surface area contributed by atoms with E-state index in [2.05, 4.69) is 4.98 Å². The Labute approximate surface area is 114 Å². The van der Waals surface area contributed by atoms with Crippen molar-refractivity contribution in [2.75, 3.05) is 18.1 Å². The maximum absolute atomic E-state index is 11.8. The van der Waals surface area contributed by atoms with Crippen molar-refractivity contribution in [1.82, 2.24) is 4.98 Å². The number of aryl methyl sites for hydroxylation is 1. The average molecular weight is 282 g/mol. The van der Waals surface area contributed by atoms with Gasteiger partial charge in [0.05, 0.1) is 18.2 Å². The van der Waals surface area contributed by atoms with Crippen molar-refractivity contribution >= 4 is 23.9 Å². The second kappa shape index (κ2) is 5.32. The van der Waals surface area contributed by atoms with E-state index in [1.165, 1.54) is 0 Å². The van der Waals surface area contributed by atoms with Gasteiger partial charge >= 0.3 is 18.0 Å². The van der Waals surface area contributed by atoms with Crippen molar-refractivity contribution < 1.29 is 28.6 Å². The molecule has 20 heavy (non-hydrogen) atoms. The summed E-state index contributed by atoms with van der Waals surface area (Å²) in [5.74, 6) is -2.97. The molecule has 0 aliphatic carbocycles. The molecule has 1 aliphatic rings. The van der Waals surface area contributed by atoms with E-state index in [-0.39, 0.29) is 31.3 Å². The highest BCUT2D eigenvalue weighted by Gasteiger charge is 2.38. The van der Waals surface area contributed by atoms with Crippen LogP contribution in [0.25, 0.3) is 0 Å². The van der Waals surface area contributed by atoms with Gasteiger partial charge in [0.25, 0.3) is 0 Å². The van der Waals surface area contributed by atoms with E-state index >= 15 is 0 Å². The quantitative estimate of drug-likeness (QED) is 0.805. The number of aromatic nitrogens is 1. The first-order valence-electron chi connectivity index (χ1n) is 6.11. The number of esters is 1. The molecule has 0 saturated carbocycles. The van der Waals surface area contributed by atoms with Gasteiger partial charge in [-0.15, -0.1) is 0 Å². The number of hydrogen-bond donors (Lipinski definition) is 1. The summed E-state index contributed by atoms with van der Waals surface area (Å²) in [4.78, 5) is 39.4.